The van der Waals surface area contributed by atoms with Crippen LogP contribution in [0.1, 0.15) is 23.7 Å². The fraction of sp³-hybridized carbons (Fsp3) is 0.333. The zero-order valence-corrected chi connectivity index (χ0v) is 12.3. The summed E-state index contributed by atoms with van der Waals surface area (Å²) in [4.78, 5) is 27.9. The molecule has 0 aliphatic carbocycles. The molecule has 1 aromatic carbocycles. The van der Waals surface area contributed by atoms with Crippen LogP contribution in [-0.2, 0) is 6.42 Å². The van der Waals surface area contributed by atoms with Crippen LogP contribution in [0.2, 0.25) is 0 Å². The number of ether oxygens (including phenoxy) is 2. The van der Waals surface area contributed by atoms with E-state index < -0.39 is 5.69 Å². The van der Waals surface area contributed by atoms with Gasteiger partial charge in [0.1, 0.15) is 0 Å². The van der Waals surface area contributed by atoms with Gasteiger partial charge >= 0.3 is 5.69 Å². The molecule has 0 saturated heterocycles. The zero-order chi connectivity index (χ0) is 15.4. The Morgan fingerprint density at radius 2 is 1.90 bits per heavy atom. The normalized spacial score (nSPS) is 10.4. The van der Waals surface area contributed by atoms with Gasteiger partial charge in [-0.1, -0.05) is 6.07 Å². The highest BCUT2D eigenvalue weighted by atomic mass is 16.5. The van der Waals surface area contributed by atoms with Gasteiger partial charge in [0, 0.05) is 17.7 Å². The minimum atomic E-state index is -0.494. The Morgan fingerprint density at radius 3 is 2.52 bits per heavy atom. The van der Waals surface area contributed by atoms with Crippen LogP contribution in [0.25, 0.3) is 0 Å². The van der Waals surface area contributed by atoms with Gasteiger partial charge in [0.2, 0.25) is 0 Å². The Balaban J connectivity index is 2.38. The van der Waals surface area contributed by atoms with Crippen LogP contribution in [-0.4, -0.2) is 23.7 Å². The highest BCUT2D eigenvalue weighted by Crippen LogP contribution is 2.28. The van der Waals surface area contributed by atoms with E-state index >= 15 is 0 Å². The molecular weight excluding hydrogens is 272 g/mol. The van der Waals surface area contributed by atoms with Crippen molar-refractivity contribution in [1.29, 1.82) is 0 Å². The first-order valence-corrected chi connectivity index (χ1v) is 6.67. The van der Waals surface area contributed by atoms with Crippen molar-refractivity contribution in [2.75, 3.05) is 13.7 Å². The standard InChI is InChI=1S/C15H18N2O4/c1-4-21-13-8-10(5-6-12(13)20-3)7-11-9(2)16-15(19)17-14(11)18/h5-6,8H,4,7H2,1-3H3,(H2,16,17,18,19). The van der Waals surface area contributed by atoms with E-state index in [1.165, 1.54) is 0 Å². The third-order valence-corrected chi connectivity index (χ3v) is 3.16. The summed E-state index contributed by atoms with van der Waals surface area (Å²) in [6.45, 7) is 4.12. The van der Waals surface area contributed by atoms with Crippen molar-refractivity contribution in [3.8, 4) is 11.5 Å². The lowest BCUT2D eigenvalue weighted by Gasteiger charge is -2.11. The third-order valence-electron chi connectivity index (χ3n) is 3.16. The second-order valence-electron chi connectivity index (χ2n) is 4.61. The maximum absolute atomic E-state index is 11.9. The summed E-state index contributed by atoms with van der Waals surface area (Å²) in [6.07, 6.45) is 0.405. The zero-order valence-electron chi connectivity index (χ0n) is 12.3. The van der Waals surface area contributed by atoms with Crippen molar-refractivity contribution >= 4 is 0 Å². The molecule has 0 saturated carbocycles. The van der Waals surface area contributed by atoms with Crippen molar-refractivity contribution < 1.29 is 9.47 Å². The largest absolute Gasteiger partial charge is 0.493 e. The second kappa shape index (κ2) is 6.30. The summed E-state index contributed by atoms with van der Waals surface area (Å²) in [7, 11) is 1.58. The van der Waals surface area contributed by atoms with Crippen LogP contribution in [0.15, 0.2) is 27.8 Å². The predicted molar refractivity (Wildman–Crippen MR) is 79.4 cm³/mol. The molecule has 0 atom stereocenters. The maximum Gasteiger partial charge on any atom is 0.325 e. The maximum atomic E-state index is 11.9. The van der Waals surface area contributed by atoms with Crippen LogP contribution in [0, 0.1) is 6.92 Å². The van der Waals surface area contributed by atoms with Gasteiger partial charge in [-0.2, -0.15) is 0 Å². The van der Waals surface area contributed by atoms with Gasteiger partial charge in [-0.05, 0) is 31.5 Å². The molecule has 0 bridgehead atoms. The SMILES string of the molecule is CCOc1cc(Cc2c(C)[nH]c(=O)[nH]c2=O)ccc1OC. The molecule has 0 radical (unpaired) electrons. The number of benzene rings is 1. The fourth-order valence-corrected chi connectivity index (χ4v) is 2.14. The quantitative estimate of drug-likeness (QED) is 0.871. The molecule has 2 aromatic rings. The predicted octanol–water partition coefficient (Wildman–Crippen LogP) is 1.37. The molecule has 1 aromatic heterocycles. The molecule has 0 unspecified atom stereocenters. The Bertz CT molecular complexity index is 746. The van der Waals surface area contributed by atoms with Gasteiger partial charge in [0.15, 0.2) is 11.5 Å². The molecule has 0 aliphatic rings. The second-order valence-corrected chi connectivity index (χ2v) is 4.61. The summed E-state index contributed by atoms with van der Waals surface area (Å²) in [5.41, 5.74) is 1.13. The molecule has 6 nitrogen and oxygen atoms in total. The number of nitrogens with one attached hydrogen (secondary N) is 2. The van der Waals surface area contributed by atoms with Crippen molar-refractivity contribution in [2.45, 2.75) is 20.3 Å². The van der Waals surface area contributed by atoms with E-state index in [1.807, 2.05) is 19.1 Å². The number of hydrogen-bond acceptors (Lipinski definition) is 4. The molecule has 1 heterocycles. The van der Waals surface area contributed by atoms with E-state index in [1.54, 1.807) is 20.1 Å². The highest BCUT2D eigenvalue weighted by molar-refractivity contribution is 5.44. The molecule has 6 heteroatoms. The molecule has 2 N–H and O–H groups in total. The Hall–Kier alpha value is -2.50. The third kappa shape index (κ3) is 3.34. The van der Waals surface area contributed by atoms with Crippen molar-refractivity contribution in [3.63, 3.8) is 0 Å². The minimum absolute atomic E-state index is 0.370. The van der Waals surface area contributed by atoms with E-state index in [0.717, 1.165) is 5.56 Å². The number of rotatable bonds is 5. The van der Waals surface area contributed by atoms with Gasteiger partial charge in [-0.15, -0.1) is 0 Å². The summed E-state index contributed by atoms with van der Waals surface area (Å²) >= 11 is 0. The van der Waals surface area contributed by atoms with E-state index in [-0.39, 0.29) is 5.56 Å². The number of aryl methyl sites for hydroxylation is 1. The molecule has 112 valence electrons. The van der Waals surface area contributed by atoms with Crippen molar-refractivity contribution in [1.82, 2.24) is 9.97 Å². The lowest BCUT2D eigenvalue weighted by atomic mass is 10.0. The van der Waals surface area contributed by atoms with Crippen LogP contribution >= 0.6 is 0 Å². The van der Waals surface area contributed by atoms with Crippen LogP contribution in [0.5, 0.6) is 11.5 Å². The minimum Gasteiger partial charge on any atom is -0.493 e. The molecule has 0 aliphatic heterocycles. The number of aromatic nitrogens is 2. The molecule has 0 spiro atoms. The van der Waals surface area contributed by atoms with Crippen molar-refractivity contribution in [2.24, 2.45) is 0 Å². The summed E-state index contributed by atoms with van der Waals surface area (Å²) in [5, 5.41) is 0. The Morgan fingerprint density at radius 1 is 1.14 bits per heavy atom. The average Bonchev–Trinajstić information content (AvgIpc) is 2.43. The van der Waals surface area contributed by atoms with E-state index in [0.29, 0.717) is 35.8 Å². The first-order valence-electron chi connectivity index (χ1n) is 6.67. The number of H-pyrrole nitrogens is 2. The van der Waals surface area contributed by atoms with Gasteiger partial charge in [-0.3, -0.25) is 9.78 Å². The summed E-state index contributed by atoms with van der Waals surface area (Å²) in [6, 6.07) is 5.51. The summed E-state index contributed by atoms with van der Waals surface area (Å²) in [5.74, 6) is 1.28. The Kier molecular flexibility index (Phi) is 4.47. The van der Waals surface area contributed by atoms with Crippen molar-refractivity contribution in [3.05, 3.63) is 55.9 Å². The average molecular weight is 290 g/mol. The van der Waals surface area contributed by atoms with Gasteiger partial charge in [-0.25, -0.2) is 4.79 Å². The fourth-order valence-electron chi connectivity index (χ4n) is 2.14. The van der Waals surface area contributed by atoms with Gasteiger partial charge in [0.05, 0.1) is 13.7 Å². The van der Waals surface area contributed by atoms with E-state index in [9.17, 15) is 9.59 Å². The van der Waals surface area contributed by atoms with Crippen LogP contribution in [0.3, 0.4) is 0 Å². The lowest BCUT2D eigenvalue weighted by molar-refractivity contribution is 0.310. The van der Waals surface area contributed by atoms with Gasteiger partial charge in [0.25, 0.3) is 5.56 Å². The topological polar surface area (TPSA) is 84.2 Å². The first-order chi connectivity index (χ1) is 10.0. The van der Waals surface area contributed by atoms with Crippen LogP contribution < -0.4 is 20.7 Å². The van der Waals surface area contributed by atoms with Crippen LogP contribution in [0.4, 0.5) is 0 Å². The molecule has 0 fully saturated rings. The molecular formula is C15H18N2O4. The van der Waals surface area contributed by atoms with E-state index in [2.05, 4.69) is 9.97 Å². The van der Waals surface area contributed by atoms with E-state index in [4.69, 9.17) is 9.47 Å². The Labute approximate surface area is 121 Å². The summed E-state index contributed by atoms with van der Waals surface area (Å²) < 4.78 is 10.7. The molecule has 21 heavy (non-hydrogen) atoms. The molecule has 2 rings (SSSR count). The first kappa shape index (κ1) is 14.9. The monoisotopic (exact) mass is 290 g/mol. The highest BCUT2D eigenvalue weighted by Gasteiger charge is 2.10. The smallest absolute Gasteiger partial charge is 0.325 e. The van der Waals surface area contributed by atoms with Gasteiger partial charge < -0.3 is 14.5 Å². The molecule has 0 amide bonds. The lowest BCUT2D eigenvalue weighted by Crippen LogP contribution is -2.27. The number of hydrogen-bond donors (Lipinski definition) is 2. The number of methoxy groups -OCH3 is 1. The number of aromatic amines is 2.